The highest BCUT2D eigenvalue weighted by atomic mass is 16.5. The maximum atomic E-state index is 11.2. The van der Waals surface area contributed by atoms with Gasteiger partial charge in [0.05, 0.1) is 17.8 Å². The summed E-state index contributed by atoms with van der Waals surface area (Å²) in [7, 11) is 1.56. The quantitative estimate of drug-likeness (QED) is 0.582. The van der Waals surface area contributed by atoms with Gasteiger partial charge in [-0.05, 0) is 12.1 Å². The first-order valence-corrected chi connectivity index (χ1v) is 4.05. The Hall–Kier alpha value is -1.97. The van der Waals surface area contributed by atoms with Gasteiger partial charge >= 0.3 is 0 Å². The average molecular weight is 188 g/mol. The number of carbonyl (C=O) groups excluding carboxylic acids is 1. The SMILES string of the molecule is C=C1N=c2ccc(OC)cc2=NC1=O. The van der Waals surface area contributed by atoms with Gasteiger partial charge in [0.2, 0.25) is 0 Å². The molecule has 0 spiro atoms. The maximum Gasteiger partial charge on any atom is 0.295 e. The van der Waals surface area contributed by atoms with E-state index in [1.807, 2.05) is 0 Å². The Morgan fingerprint density at radius 1 is 1.29 bits per heavy atom. The molecule has 4 heteroatoms. The van der Waals surface area contributed by atoms with Gasteiger partial charge in [-0.2, -0.15) is 0 Å². The molecule has 1 aromatic rings. The lowest BCUT2D eigenvalue weighted by molar-refractivity contribution is -0.114. The molecule has 0 atom stereocenters. The molecule has 0 saturated heterocycles. The van der Waals surface area contributed by atoms with E-state index >= 15 is 0 Å². The van der Waals surface area contributed by atoms with E-state index in [-0.39, 0.29) is 5.70 Å². The normalized spacial score (nSPS) is 14.1. The van der Waals surface area contributed by atoms with Crippen LogP contribution >= 0.6 is 0 Å². The standard InChI is InChI=1S/C10H8N2O2/c1-6-10(13)12-9-5-7(14-2)3-4-8(9)11-6/h3-5H,1H2,2H3. The number of amides is 1. The van der Waals surface area contributed by atoms with E-state index in [2.05, 4.69) is 16.6 Å². The second-order valence-electron chi connectivity index (χ2n) is 2.83. The summed E-state index contributed by atoms with van der Waals surface area (Å²) in [6, 6.07) is 5.18. The minimum atomic E-state index is -0.397. The lowest BCUT2D eigenvalue weighted by atomic mass is 10.3. The molecule has 0 fully saturated rings. The third kappa shape index (κ3) is 1.31. The molecule has 0 aromatic heterocycles. The lowest BCUT2D eigenvalue weighted by Gasteiger charge is -2.02. The van der Waals surface area contributed by atoms with Crippen LogP contribution in [0.4, 0.5) is 0 Å². The van der Waals surface area contributed by atoms with Crippen molar-refractivity contribution in [1.29, 1.82) is 0 Å². The van der Waals surface area contributed by atoms with Crippen molar-refractivity contribution in [2.24, 2.45) is 9.98 Å². The summed E-state index contributed by atoms with van der Waals surface area (Å²) in [5, 5.41) is 1.18. The van der Waals surface area contributed by atoms with Crippen molar-refractivity contribution < 1.29 is 9.53 Å². The van der Waals surface area contributed by atoms with Crippen LogP contribution in [0.25, 0.3) is 0 Å². The molecule has 2 rings (SSSR count). The largest absolute Gasteiger partial charge is 0.497 e. The van der Waals surface area contributed by atoms with Crippen molar-refractivity contribution in [3.8, 4) is 5.75 Å². The zero-order valence-corrected chi connectivity index (χ0v) is 7.65. The van der Waals surface area contributed by atoms with Crippen LogP contribution in [-0.4, -0.2) is 13.0 Å². The van der Waals surface area contributed by atoms with Crippen molar-refractivity contribution in [2.45, 2.75) is 0 Å². The molecule has 0 radical (unpaired) electrons. The molecule has 0 N–H and O–H groups in total. The van der Waals surface area contributed by atoms with Crippen LogP contribution in [0.15, 0.2) is 40.5 Å². The molecular formula is C10H8N2O2. The fourth-order valence-electron chi connectivity index (χ4n) is 1.18. The Bertz CT molecular complexity index is 532. The average Bonchev–Trinajstić information content (AvgIpc) is 2.19. The molecule has 1 aliphatic rings. The number of hydrogen-bond donors (Lipinski definition) is 0. The molecule has 1 aromatic carbocycles. The Morgan fingerprint density at radius 2 is 2.07 bits per heavy atom. The topological polar surface area (TPSA) is 51.0 Å². The first-order valence-electron chi connectivity index (χ1n) is 4.05. The Balaban J connectivity index is 2.74. The van der Waals surface area contributed by atoms with Gasteiger partial charge in [-0.3, -0.25) is 4.79 Å². The lowest BCUT2D eigenvalue weighted by Crippen LogP contribution is -2.30. The summed E-state index contributed by atoms with van der Waals surface area (Å²) in [6.07, 6.45) is 0. The minimum Gasteiger partial charge on any atom is -0.497 e. The highest BCUT2D eigenvalue weighted by molar-refractivity contribution is 5.93. The van der Waals surface area contributed by atoms with E-state index in [1.54, 1.807) is 25.3 Å². The van der Waals surface area contributed by atoms with Gasteiger partial charge in [0.15, 0.2) is 0 Å². The van der Waals surface area contributed by atoms with Crippen molar-refractivity contribution in [3.05, 3.63) is 41.2 Å². The van der Waals surface area contributed by atoms with Gasteiger partial charge in [0.1, 0.15) is 11.4 Å². The molecular weight excluding hydrogens is 180 g/mol. The van der Waals surface area contributed by atoms with Crippen molar-refractivity contribution >= 4 is 5.91 Å². The molecule has 0 aliphatic carbocycles. The summed E-state index contributed by atoms with van der Waals surface area (Å²) in [4.78, 5) is 19.0. The number of rotatable bonds is 1. The Kier molecular flexibility index (Phi) is 1.89. The van der Waals surface area contributed by atoms with Crippen LogP contribution < -0.4 is 15.5 Å². The molecule has 0 unspecified atom stereocenters. The number of ether oxygens (including phenoxy) is 1. The molecule has 14 heavy (non-hydrogen) atoms. The van der Waals surface area contributed by atoms with E-state index in [1.165, 1.54) is 0 Å². The summed E-state index contributed by atoms with van der Waals surface area (Å²) >= 11 is 0. The van der Waals surface area contributed by atoms with Crippen LogP contribution in [0.2, 0.25) is 0 Å². The fraction of sp³-hybridized carbons (Fsp3) is 0.100. The summed E-state index contributed by atoms with van der Waals surface area (Å²) in [5.41, 5.74) is 0.169. The van der Waals surface area contributed by atoms with E-state index in [0.717, 1.165) is 0 Å². The smallest absolute Gasteiger partial charge is 0.295 e. The van der Waals surface area contributed by atoms with Gasteiger partial charge in [0, 0.05) is 6.07 Å². The molecule has 0 saturated carbocycles. The van der Waals surface area contributed by atoms with Crippen molar-refractivity contribution in [2.75, 3.05) is 7.11 Å². The summed E-state index contributed by atoms with van der Waals surface area (Å²) < 4.78 is 5.01. The van der Waals surface area contributed by atoms with Crippen molar-refractivity contribution in [1.82, 2.24) is 0 Å². The van der Waals surface area contributed by atoms with Gasteiger partial charge in [-0.1, -0.05) is 6.58 Å². The Labute approximate surface area is 80.3 Å². The second-order valence-corrected chi connectivity index (χ2v) is 2.83. The van der Waals surface area contributed by atoms with Gasteiger partial charge in [-0.15, -0.1) is 0 Å². The van der Waals surface area contributed by atoms with Gasteiger partial charge in [-0.25, -0.2) is 9.98 Å². The molecule has 4 nitrogen and oxygen atoms in total. The van der Waals surface area contributed by atoms with Crippen LogP contribution in [0, 0.1) is 0 Å². The van der Waals surface area contributed by atoms with E-state index in [0.29, 0.717) is 16.5 Å². The predicted molar refractivity (Wildman–Crippen MR) is 49.5 cm³/mol. The number of hydrogen-bond acceptors (Lipinski definition) is 3. The van der Waals surface area contributed by atoms with Gasteiger partial charge < -0.3 is 4.74 Å². The number of nitrogens with zero attached hydrogens (tertiary/aromatic N) is 2. The highest BCUT2D eigenvalue weighted by Gasteiger charge is 2.08. The zero-order chi connectivity index (χ0) is 10.1. The third-order valence-corrected chi connectivity index (χ3v) is 1.91. The third-order valence-electron chi connectivity index (χ3n) is 1.91. The molecule has 1 amide bonds. The first kappa shape index (κ1) is 8.62. The van der Waals surface area contributed by atoms with Crippen LogP contribution in [0.3, 0.4) is 0 Å². The Morgan fingerprint density at radius 3 is 2.79 bits per heavy atom. The van der Waals surface area contributed by atoms with E-state index < -0.39 is 5.91 Å². The van der Waals surface area contributed by atoms with Crippen LogP contribution in [-0.2, 0) is 4.79 Å². The van der Waals surface area contributed by atoms with Gasteiger partial charge in [0.25, 0.3) is 5.91 Å². The molecule has 1 aliphatic heterocycles. The van der Waals surface area contributed by atoms with E-state index in [4.69, 9.17) is 4.74 Å². The van der Waals surface area contributed by atoms with E-state index in [9.17, 15) is 4.79 Å². The monoisotopic (exact) mass is 188 g/mol. The maximum absolute atomic E-state index is 11.2. The number of fused-ring (bicyclic) bond motifs is 1. The second kappa shape index (κ2) is 3.06. The zero-order valence-electron chi connectivity index (χ0n) is 7.65. The summed E-state index contributed by atoms with van der Waals surface area (Å²) in [6.45, 7) is 3.50. The van der Waals surface area contributed by atoms with Crippen LogP contribution in [0.5, 0.6) is 5.75 Å². The summed E-state index contributed by atoms with van der Waals surface area (Å²) in [5.74, 6) is 0.258. The fourth-order valence-corrected chi connectivity index (χ4v) is 1.18. The van der Waals surface area contributed by atoms with Crippen LogP contribution in [0.1, 0.15) is 0 Å². The van der Waals surface area contributed by atoms with Crippen molar-refractivity contribution in [3.63, 3.8) is 0 Å². The molecule has 70 valence electrons. The molecule has 1 heterocycles. The molecule has 0 bridgehead atoms. The first-order chi connectivity index (χ1) is 6.70. The minimum absolute atomic E-state index is 0.169. The number of benzene rings is 1. The number of methoxy groups -OCH3 is 1. The highest BCUT2D eigenvalue weighted by Crippen LogP contribution is 2.04. The number of carbonyl (C=O) groups is 1. The predicted octanol–water partition coefficient (Wildman–Crippen LogP) is -0.0117.